The van der Waals surface area contributed by atoms with Crippen LogP contribution in [-0.4, -0.2) is 9.91 Å². The molecule has 0 atom stereocenters. The largest absolute Gasteiger partial charge is 0.418 e. The van der Waals surface area contributed by atoms with Gasteiger partial charge in [0.1, 0.15) is 0 Å². The van der Waals surface area contributed by atoms with Crippen molar-refractivity contribution in [1.82, 2.24) is 4.98 Å². The number of alkyl halides is 3. The van der Waals surface area contributed by atoms with Gasteiger partial charge in [-0.1, -0.05) is 34.1 Å². The number of halogens is 4. The number of aromatic nitrogens is 1. The molecule has 0 aliphatic heterocycles. The maximum absolute atomic E-state index is 12.6. The van der Waals surface area contributed by atoms with Crippen molar-refractivity contribution in [2.75, 3.05) is 5.32 Å². The fourth-order valence-electron chi connectivity index (χ4n) is 1.70. The number of nitro groups is 1. The third-order valence-corrected chi connectivity index (χ3v) is 3.57. The molecule has 1 aromatic heterocycles. The van der Waals surface area contributed by atoms with Gasteiger partial charge in [-0.25, -0.2) is 4.98 Å². The second-order valence-corrected chi connectivity index (χ2v) is 5.15. The Morgan fingerprint density at radius 1 is 1.32 bits per heavy atom. The molecule has 2 rings (SSSR count). The van der Waals surface area contributed by atoms with Crippen LogP contribution in [0.2, 0.25) is 0 Å². The van der Waals surface area contributed by atoms with Gasteiger partial charge in [-0.3, -0.25) is 10.1 Å². The van der Waals surface area contributed by atoms with Crippen molar-refractivity contribution < 1.29 is 18.1 Å². The van der Waals surface area contributed by atoms with Crippen molar-refractivity contribution in [3.05, 3.63) is 62.2 Å². The van der Waals surface area contributed by atoms with Gasteiger partial charge in [0.2, 0.25) is 5.82 Å². The first-order valence-electron chi connectivity index (χ1n) is 5.98. The highest BCUT2D eigenvalue weighted by atomic mass is 79.9. The van der Waals surface area contributed by atoms with Gasteiger partial charge >= 0.3 is 11.9 Å². The van der Waals surface area contributed by atoms with Gasteiger partial charge in [0.15, 0.2) is 0 Å². The molecule has 0 unspecified atom stereocenters. The van der Waals surface area contributed by atoms with E-state index in [-0.39, 0.29) is 12.4 Å². The highest BCUT2D eigenvalue weighted by Gasteiger charge is 2.33. The van der Waals surface area contributed by atoms with Crippen molar-refractivity contribution >= 4 is 27.4 Å². The Kier molecular flexibility index (Phi) is 4.65. The number of nitrogens with one attached hydrogen (secondary N) is 1. The molecule has 0 amide bonds. The molecule has 1 aromatic carbocycles. The molecular weight excluding hydrogens is 367 g/mol. The summed E-state index contributed by atoms with van der Waals surface area (Å²) in [7, 11) is 0. The van der Waals surface area contributed by atoms with Gasteiger partial charge in [0.05, 0.1) is 10.5 Å². The van der Waals surface area contributed by atoms with E-state index in [1.807, 2.05) is 0 Å². The minimum absolute atomic E-state index is 0.181. The summed E-state index contributed by atoms with van der Waals surface area (Å²) in [5.74, 6) is -0.214. The van der Waals surface area contributed by atoms with Crippen molar-refractivity contribution in [3.63, 3.8) is 0 Å². The van der Waals surface area contributed by atoms with Gasteiger partial charge in [-0.15, -0.1) is 0 Å². The molecule has 0 saturated heterocycles. The predicted molar refractivity (Wildman–Crippen MR) is 77.4 cm³/mol. The molecule has 0 saturated carbocycles. The zero-order chi connectivity index (χ0) is 16.3. The first kappa shape index (κ1) is 16.2. The minimum atomic E-state index is -4.68. The van der Waals surface area contributed by atoms with Crippen molar-refractivity contribution in [2.24, 2.45) is 0 Å². The Labute approximate surface area is 131 Å². The normalized spacial score (nSPS) is 11.3. The van der Waals surface area contributed by atoms with Crippen LogP contribution in [0.3, 0.4) is 0 Å². The maximum atomic E-state index is 12.6. The number of benzene rings is 1. The van der Waals surface area contributed by atoms with E-state index in [0.29, 0.717) is 12.3 Å². The molecule has 0 bridgehead atoms. The molecule has 5 nitrogen and oxygen atoms in total. The number of pyridine rings is 1. The van der Waals surface area contributed by atoms with Crippen molar-refractivity contribution in [3.8, 4) is 0 Å². The molecule has 9 heteroatoms. The summed E-state index contributed by atoms with van der Waals surface area (Å²) in [5, 5.41) is 13.6. The van der Waals surface area contributed by atoms with Crippen LogP contribution in [0, 0.1) is 10.1 Å². The zero-order valence-corrected chi connectivity index (χ0v) is 12.5. The summed E-state index contributed by atoms with van der Waals surface area (Å²) in [6.07, 6.45) is -4.12. The zero-order valence-electron chi connectivity index (χ0n) is 10.9. The van der Waals surface area contributed by atoms with Crippen molar-refractivity contribution in [1.29, 1.82) is 0 Å². The molecule has 1 N–H and O–H groups in total. The smallest absolute Gasteiger partial charge is 0.360 e. The van der Waals surface area contributed by atoms with E-state index in [1.165, 1.54) is 0 Å². The number of anilines is 1. The molecule has 0 radical (unpaired) electrons. The van der Waals surface area contributed by atoms with Crippen molar-refractivity contribution in [2.45, 2.75) is 12.7 Å². The van der Waals surface area contributed by atoms with Crippen LogP contribution in [0.4, 0.5) is 24.7 Å². The van der Waals surface area contributed by atoms with Gasteiger partial charge in [0.25, 0.3) is 0 Å². The summed E-state index contributed by atoms with van der Waals surface area (Å²) >= 11 is 3.31. The third kappa shape index (κ3) is 3.73. The minimum Gasteiger partial charge on any atom is -0.360 e. The van der Waals surface area contributed by atoms with E-state index >= 15 is 0 Å². The molecule has 116 valence electrons. The lowest BCUT2D eigenvalue weighted by atomic mass is 10.2. The highest BCUT2D eigenvalue weighted by molar-refractivity contribution is 9.10. The number of hydrogen-bond acceptors (Lipinski definition) is 4. The van der Waals surface area contributed by atoms with Crippen LogP contribution < -0.4 is 5.32 Å². The van der Waals surface area contributed by atoms with E-state index in [1.54, 1.807) is 24.3 Å². The number of nitrogens with zero attached hydrogens (tertiary/aromatic N) is 2. The summed E-state index contributed by atoms with van der Waals surface area (Å²) in [4.78, 5) is 13.6. The predicted octanol–water partition coefficient (Wildman–Crippen LogP) is 4.38. The summed E-state index contributed by atoms with van der Waals surface area (Å²) in [5.41, 5.74) is -1.09. The lowest BCUT2D eigenvalue weighted by molar-refractivity contribution is -0.384. The van der Waals surface area contributed by atoms with Gasteiger partial charge < -0.3 is 5.32 Å². The monoisotopic (exact) mass is 375 g/mol. The van der Waals surface area contributed by atoms with E-state index < -0.39 is 22.4 Å². The molecule has 22 heavy (non-hydrogen) atoms. The summed E-state index contributed by atoms with van der Waals surface area (Å²) in [6, 6.07) is 7.59. The van der Waals surface area contributed by atoms with E-state index in [0.717, 1.165) is 10.0 Å². The quantitative estimate of drug-likeness (QED) is 0.635. The van der Waals surface area contributed by atoms with Crippen LogP contribution in [0.25, 0.3) is 0 Å². The maximum Gasteiger partial charge on any atom is 0.418 e. The fourth-order valence-corrected chi connectivity index (χ4v) is 2.13. The first-order valence-corrected chi connectivity index (χ1v) is 6.77. The topological polar surface area (TPSA) is 68.1 Å². The van der Waals surface area contributed by atoms with Gasteiger partial charge in [-0.05, 0) is 11.6 Å². The average molecular weight is 376 g/mol. The Hall–Kier alpha value is -2.16. The SMILES string of the molecule is O=[N+]([O-])c1cc(C(F)(F)F)cnc1NCc1ccccc1Br. The van der Waals surface area contributed by atoms with Crippen LogP contribution in [-0.2, 0) is 12.7 Å². The Balaban J connectivity index is 2.27. The first-order chi connectivity index (χ1) is 10.3. The molecule has 1 heterocycles. The van der Waals surface area contributed by atoms with E-state index in [4.69, 9.17) is 0 Å². The Morgan fingerprint density at radius 3 is 2.59 bits per heavy atom. The fraction of sp³-hybridized carbons (Fsp3) is 0.154. The number of hydrogen-bond donors (Lipinski definition) is 1. The number of rotatable bonds is 4. The lowest BCUT2D eigenvalue weighted by Crippen LogP contribution is -2.10. The van der Waals surface area contributed by atoms with Gasteiger partial charge in [0, 0.05) is 23.3 Å². The van der Waals surface area contributed by atoms with E-state index in [9.17, 15) is 23.3 Å². The summed E-state index contributed by atoms with van der Waals surface area (Å²) < 4.78 is 38.5. The van der Waals surface area contributed by atoms with Gasteiger partial charge in [-0.2, -0.15) is 13.2 Å². The molecule has 0 fully saturated rings. The Bertz CT molecular complexity index is 707. The average Bonchev–Trinajstić information content (AvgIpc) is 2.45. The second kappa shape index (κ2) is 6.30. The highest BCUT2D eigenvalue weighted by Crippen LogP contribution is 2.33. The molecule has 0 aliphatic rings. The van der Waals surface area contributed by atoms with Crippen LogP contribution in [0.15, 0.2) is 41.0 Å². The van der Waals surface area contributed by atoms with Crippen LogP contribution in [0.1, 0.15) is 11.1 Å². The molecule has 2 aromatic rings. The lowest BCUT2D eigenvalue weighted by Gasteiger charge is -2.10. The van der Waals surface area contributed by atoms with Crippen LogP contribution >= 0.6 is 15.9 Å². The van der Waals surface area contributed by atoms with E-state index in [2.05, 4.69) is 26.2 Å². The van der Waals surface area contributed by atoms with Crippen LogP contribution in [0.5, 0.6) is 0 Å². The molecular formula is C13H9BrF3N3O2. The third-order valence-electron chi connectivity index (χ3n) is 2.80. The standard InChI is InChI=1S/C13H9BrF3N3O2/c14-10-4-2-1-3-8(10)6-18-12-11(20(21)22)5-9(7-19-12)13(15,16)17/h1-5,7H,6H2,(H,18,19). The molecule has 0 aliphatic carbocycles. The Morgan fingerprint density at radius 2 is 2.00 bits per heavy atom. The second-order valence-electron chi connectivity index (χ2n) is 4.29. The summed E-state index contributed by atoms with van der Waals surface area (Å²) in [6.45, 7) is 0.181. The molecule has 0 spiro atoms.